The zero-order valence-corrected chi connectivity index (χ0v) is 9.19. The summed E-state index contributed by atoms with van der Waals surface area (Å²) < 4.78 is 32.0. The molecule has 0 saturated carbocycles. The van der Waals surface area contributed by atoms with E-state index in [2.05, 4.69) is 0 Å². The second-order valence-corrected chi connectivity index (χ2v) is 0. The molecule has 0 aromatic heterocycles. The normalized spacial score (nSPS) is 0.333. The number of rotatable bonds is 0. The van der Waals surface area contributed by atoms with Crippen LogP contribution in [0.25, 0.3) is 0 Å². The summed E-state index contributed by atoms with van der Waals surface area (Å²) in [4.78, 5) is 0. The van der Waals surface area contributed by atoms with Gasteiger partial charge in [-0.1, -0.05) is 201 Å². The van der Waals surface area contributed by atoms with Crippen LogP contribution in [0.5, 0.6) is 0 Å². The van der Waals surface area contributed by atoms with Crippen LogP contribution in [0.1, 0.15) is 203 Å². The maximum Gasteiger partial charge on any atom is 0 e. The first kappa shape index (κ1) is 8270. The quantitative estimate of drug-likeness (QED) is 0.141. The van der Waals surface area contributed by atoms with Crippen LogP contribution < -0.4 is 0 Å². The fraction of sp³-hybridized carbons (Fsp3) is 0.871. The van der Waals surface area contributed by atoms with E-state index in [1.54, 1.807) is 0 Å². The molecule has 0 rings (SSSR count). The Kier molecular flexibility index (Phi) is 81200000. The predicted octanol–water partition coefficient (Wildman–Crippen LogP) is 21.1. The van der Waals surface area contributed by atoms with E-state index in [4.69, 9.17) is 18.3 Å². The summed E-state index contributed by atoms with van der Waals surface area (Å²) in [5.74, 6) is 0. The molecule has 0 fully saturated rings. The summed E-state index contributed by atoms with van der Waals surface area (Å²) in [5.41, 5.74) is 0. The van der Waals surface area contributed by atoms with Gasteiger partial charge in [0.05, 0.1) is 0 Å². The van der Waals surface area contributed by atoms with Gasteiger partial charge < -0.3 is 29.7 Å². The van der Waals surface area contributed by atoms with E-state index in [1.165, 1.54) is 0 Å². The van der Waals surface area contributed by atoms with Crippen LogP contribution in [0.15, 0.2) is 0 Å². The van der Waals surface area contributed by atoms with Crippen molar-refractivity contribution in [1.29, 1.82) is 0 Å². The first-order valence-corrected chi connectivity index (χ1v) is 0.286. The van der Waals surface area contributed by atoms with Crippen molar-refractivity contribution < 1.29 is 40.6 Å². The summed E-state index contributed by atoms with van der Waals surface area (Å²) in [6.45, 7) is 0. The van der Waals surface area contributed by atoms with Crippen LogP contribution >= 0.6 is 0 Å². The zero-order valence-electron chi connectivity index (χ0n) is 6.22. The van der Waals surface area contributed by atoms with Gasteiger partial charge in [-0.25, -0.2) is 0 Å². The maximum atomic E-state index is 8.00. The van der Waals surface area contributed by atoms with Crippen molar-refractivity contribution in [3.05, 3.63) is 29.7 Å². The second-order valence-electron chi connectivity index (χ2n) is 0. The van der Waals surface area contributed by atoms with Crippen molar-refractivity contribution in [1.82, 2.24) is 0 Å². The first-order chi connectivity index (χ1) is 2.00. The van der Waals surface area contributed by atoms with E-state index in [0.29, 0.717) is 0 Å². The average Bonchev–Trinajstić information content (AvgIpc) is 1.50. The molecular weight excluding hydrogens is 514 g/mol. The Morgan fingerprint density at radius 2 is 0.167 bits per heavy atom. The molecule has 0 atom stereocenters. The third kappa shape index (κ3) is 324000. The third-order valence-electron chi connectivity index (χ3n) is 0. The van der Waals surface area contributed by atoms with Crippen LogP contribution in [0, 0.1) is 29.7 Å². The minimum atomic E-state index is 0. The van der Waals surface area contributed by atoms with E-state index < -0.39 is 0 Å². The van der Waals surface area contributed by atoms with E-state index >= 15 is 0 Å². The van der Waals surface area contributed by atoms with Crippen molar-refractivity contribution >= 4 is 0 Å². The zero-order chi connectivity index (χ0) is 4.00. The standard InChI is InChI=1S/27CH4.4CH3.2F2.Zn.2H2/c;;;;;;;;;;;;;;;;;;;;;;;;;;;;;;;2*1-2;;;/h27*1H4;4*1H3;;;;2*1H/q;;;;;;;;;;;;;;;;;;;;;;;;;;;4*-1;;;;;. The van der Waals surface area contributed by atoms with E-state index in [9.17, 15) is 0 Å². The van der Waals surface area contributed by atoms with E-state index in [0.717, 1.165) is 0 Å². The van der Waals surface area contributed by atoms with Gasteiger partial charge in [0.25, 0.3) is 0 Å². The largest absolute Gasteiger partial charge is 0.358 e. The van der Waals surface area contributed by atoms with Gasteiger partial charge in [0.2, 0.25) is 0 Å². The molecule has 0 radical (unpaired) electrons. The van der Waals surface area contributed by atoms with Crippen molar-refractivity contribution in [3.8, 4) is 0 Å². The van der Waals surface area contributed by atoms with Crippen molar-refractivity contribution in [2.75, 3.05) is 0 Å². The Hall–Kier alpha value is 0.343. The molecule has 282 valence electrons. The van der Waals surface area contributed by atoms with Crippen LogP contribution in [0.3, 0.4) is 0 Å². The maximum absolute atomic E-state index is 8.00. The molecule has 0 unspecified atom stereocenters. The predicted molar refractivity (Wildman–Crippen MR) is 216 cm³/mol. The summed E-state index contributed by atoms with van der Waals surface area (Å²) in [6, 6.07) is 0. The Balaban J connectivity index is -0.0000000000327. The van der Waals surface area contributed by atoms with Gasteiger partial charge in [-0.05, 0) is 0 Å². The molecule has 0 aliphatic carbocycles. The van der Waals surface area contributed by atoms with Crippen LogP contribution in [-0.4, -0.2) is 0 Å². The summed E-state index contributed by atoms with van der Waals surface area (Å²) in [7, 11) is 0. The SMILES string of the molecule is C.C.C.C.C.C.C.C.C.C.C.C.C.C.C.C.C.C.C.C.C.C.C.C.C.C.C.FF.FF.[CH3-].[CH3-].[CH3-].[CH3-].[HH].[HH].[Zn]. The van der Waals surface area contributed by atoms with Gasteiger partial charge in [0.1, 0.15) is 0 Å². The minimum absolute atomic E-state index is 0. The van der Waals surface area contributed by atoms with Gasteiger partial charge in [-0.3, -0.25) is 0 Å². The summed E-state index contributed by atoms with van der Waals surface area (Å²) >= 11 is 0. The molecule has 0 aliphatic heterocycles. The van der Waals surface area contributed by atoms with Gasteiger partial charge >= 0.3 is 0 Å². The fourth-order valence-corrected chi connectivity index (χ4v) is 0. The second kappa shape index (κ2) is 354000. The fourth-order valence-electron chi connectivity index (χ4n) is 0. The molecule has 0 spiro atoms. The number of halogens is 4. The van der Waals surface area contributed by atoms with Gasteiger partial charge in [0, 0.05) is 40.6 Å². The molecule has 0 bridgehead atoms. The number of hydrogen-bond donors (Lipinski definition) is 0. The van der Waals surface area contributed by atoms with Crippen molar-refractivity contribution in [3.63, 3.8) is 0 Å². The topological polar surface area (TPSA) is 0 Å². The molecule has 0 aromatic carbocycles. The number of hydrogen-bond acceptors (Lipinski definition) is 0. The molecule has 5 heteroatoms. The van der Waals surface area contributed by atoms with Gasteiger partial charge in [-0.2, -0.15) is 0 Å². The van der Waals surface area contributed by atoms with Crippen LogP contribution in [-0.2, 0) is 19.5 Å². The Bertz CT molecular complexity index is 35.8. The molecule has 0 saturated heterocycles. The van der Waals surface area contributed by atoms with E-state index in [1.807, 2.05) is 0 Å². The third-order valence-corrected chi connectivity index (χ3v) is 0. The van der Waals surface area contributed by atoms with Crippen LogP contribution in [0.2, 0.25) is 0 Å². The molecule has 0 aliphatic rings. The summed E-state index contributed by atoms with van der Waals surface area (Å²) in [6.07, 6.45) is 0. The Morgan fingerprint density at radius 3 is 0.167 bits per heavy atom. The Labute approximate surface area is 270 Å². The Morgan fingerprint density at radius 1 is 0.167 bits per heavy atom. The van der Waals surface area contributed by atoms with Gasteiger partial charge in [0.15, 0.2) is 0 Å². The molecule has 0 heterocycles. The van der Waals surface area contributed by atoms with Crippen molar-refractivity contribution in [2.24, 2.45) is 0 Å². The molecular formula is C31H124F4Zn-4. The van der Waals surface area contributed by atoms with Crippen LogP contribution in [0.4, 0.5) is 18.3 Å². The molecule has 0 N–H and O–H groups in total. The average molecular weight is 639 g/mol. The minimum Gasteiger partial charge on any atom is -0.358 e. The molecule has 36 heavy (non-hydrogen) atoms. The molecule has 0 nitrogen and oxygen atoms in total. The molecule has 0 amide bonds. The van der Waals surface area contributed by atoms with Gasteiger partial charge in [-0.15, -0.1) is 0 Å². The first-order valence-electron chi connectivity index (χ1n) is 0.286. The smallest absolute Gasteiger partial charge is 0 e. The van der Waals surface area contributed by atoms with Crippen molar-refractivity contribution in [2.45, 2.75) is 201 Å². The monoisotopic (exact) mass is 637 g/mol. The van der Waals surface area contributed by atoms with E-state index in [-0.39, 0.29) is 253 Å². The summed E-state index contributed by atoms with van der Waals surface area (Å²) in [5, 5.41) is 0. The molecule has 0 aromatic rings.